The molecule has 0 fully saturated rings. The number of benzene rings is 1. The minimum atomic E-state index is -0.291. The monoisotopic (exact) mass is 298 g/mol. The first-order valence-electron chi connectivity index (χ1n) is 6.01. The lowest BCUT2D eigenvalue weighted by Gasteiger charge is -2.09. The first-order valence-corrected chi connectivity index (χ1v) is 6.77. The number of aryl methyl sites for hydroxylation is 1. The molecule has 0 saturated heterocycles. The van der Waals surface area contributed by atoms with Crippen molar-refractivity contribution in [3.8, 4) is 11.4 Å². The van der Waals surface area contributed by atoms with Gasteiger partial charge in [0.25, 0.3) is 0 Å². The van der Waals surface area contributed by atoms with Crippen molar-refractivity contribution in [3.05, 3.63) is 45.4 Å². The van der Waals surface area contributed by atoms with Gasteiger partial charge >= 0.3 is 0 Å². The summed E-state index contributed by atoms with van der Waals surface area (Å²) in [5, 5.41) is 0.723. The topological polar surface area (TPSA) is 25.8 Å². The van der Waals surface area contributed by atoms with Gasteiger partial charge in [0, 0.05) is 11.1 Å². The summed E-state index contributed by atoms with van der Waals surface area (Å²) in [7, 11) is 0. The molecule has 0 saturated carbocycles. The molecule has 19 heavy (non-hydrogen) atoms. The Morgan fingerprint density at radius 3 is 2.32 bits per heavy atom. The first-order chi connectivity index (χ1) is 9.02. The number of hydrogen-bond donors (Lipinski definition) is 0. The third-order valence-corrected chi connectivity index (χ3v) is 3.46. The third-order valence-electron chi connectivity index (χ3n) is 2.84. The highest BCUT2D eigenvalue weighted by molar-refractivity contribution is 6.34. The summed E-state index contributed by atoms with van der Waals surface area (Å²) >= 11 is 12.3. The van der Waals surface area contributed by atoms with Gasteiger partial charge in [-0.2, -0.15) is 0 Å². The molecule has 0 amide bonds. The molecule has 2 nitrogen and oxygen atoms in total. The van der Waals surface area contributed by atoms with Gasteiger partial charge < -0.3 is 0 Å². The molecule has 1 aromatic heterocycles. The molecular formula is C14H13Cl2FN2. The van der Waals surface area contributed by atoms with Gasteiger partial charge in [-0.25, -0.2) is 14.4 Å². The van der Waals surface area contributed by atoms with Gasteiger partial charge in [-0.1, -0.05) is 36.5 Å². The highest BCUT2D eigenvalue weighted by Gasteiger charge is 2.13. The summed E-state index contributed by atoms with van der Waals surface area (Å²) in [6.07, 6.45) is 1.65. The van der Waals surface area contributed by atoms with Crippen molar-refractivity contribution < 1.29 is 4.39 Å². The number of rotatable bonds is 3. The quantitative estimate of drug-likeness (QED) is 0.757. The molecule has 0 bridgehead atoms. The van der Waals surface area contributed by atoms with Gasteiger partial charge in [0.05, 0.1) is 0 Å². The van der Waals surface area contributed by atoms with E-state index in [1.54, 1.807) is 13.0 Å². The first kappa shape index (κ1) is 14.2. The second-order valence-corrected chi connectivity index (χ2v) is 5.03. The van der Waals surface area contributed by atoms with E-state index in [2.05, 4.69) is 9.97 Å². The van der Waals surface area contributed by atoms with Gasteiger partial charge in [-0.3, -0.25) is 0 Å². The average molecular weight is 299 g/mol. The standard InChI is InChI=1S/C14H13Cl2FN2/c1-3-4-11-12(15)18-14(19-13(11)16)10-6-5-9(17)7-8(10)2/h5-7H,3-4H2,1-2H3. The summed E-state index contributed by atoms with van der Waals surface area (Å²) < 4.78 is 13.1. The molecule has 5 heteroatoms. The predicted molar refractivity (Wildman–Crippen MR) is 76.2 cm³/mol. The van der Waals surface area contributed by atoms with E-state index in [9.17, 15) is 4.39 Å². The summed E-state index contributed by atoms with van der Waals surface area (Å²) in [6.45, 7) is 3.83. The van der Waals surface area contributed by atoms with Crippen molar-refractivity contribution in [3.63, 3.8) is 0 Å². The Labute approximate surface area is 121 Å². The van der Waals surface area contributed by atoms with E-state index in [1.807, 2.05) is 6.92 Å². The van der Waals surface area contributed by atoms with Crippen molar-refractivity contribution >= 4 is 23.2 Å². The molecule has 0 aliphatic heterocycles. The molecule has 0 atom stereocenters. The molecule has 2 rings (SSSR count). The third kappa shape index (κ3) is 3.04. The lowest BCUT2D eigenvalue weighted by molar-refractivity contribution is 0.627. The Morgan fingerprint density at radius 1 is 1.16 bits per heavy atom. The summed E-state index contributed by atoms with van der Waals surface area (Å²) in [5.74, 6) is 0.133. The van der Waals surface area contributed by atoms with Crippen LogP contribution in [0.1, 0.15) is 24.5 Å². The van der Waals surface area contributed by atoms with Crippen molar-refractivity contribution in [1.29, 1.82) is 0 Å². The lowest BCUT2D eigenvalue weighted by Crippen LogP contribution is -1.99. The summed E-state index contributed by atoms with van der Waals surface area (Å²) in [5.41, 5.74) is 2.23. The molecule has 0 aliphatic carbocycles. The van der Waals surface area contributed by atoms with Crippen molar-refractivity contribution in [2.45, 2.75) is 26.7 Å². The Kier molecular flexibility index (Phi) is 4.38. The van der Waals surface area contributed by atoms with Gasteiger partial charge in [-0.05, 0) is 37.1 Å². The fraction of sp³-hybridized carbons (Fsp3) is 0.286. The van der Waals surface area contributed by atoms with E-state index in [0.29, 0.717) is 16.1 Å². The predicted octanol–water partition coefficient (Wildman–Crippen LogP) is 4.85. The van der Waals surface area contributed by atoms with Crippen molar-refractivity contribution in [2.75, 3.05) is 0 Å². The SMILES string of the molecule is CCCc1c(Cl)nc(-c2ccc(F)cc2C)nc1Cl. The molecule has 2 aromatic rings. The molecule has 0 N–H and O–H groups in total. The molecule has 1 heterocycles. The van der Waals surface area contributed by atoms with Crippen LogP contribution in [0.2, 0.25) is 10.3 Å². The number of halogens is 3. The molecule has 0 spiro atoms. The van der Waals surface area contributed by atoms with Crippen LogP contribution in [0.25, 0.3) is 11.4 Å². The summed E-state index contributed by atoms with van der Waals surface area (Å²) in [6, 6.07) is 4.43. The minimum Gasteiger partial charge on any atom is -0.216 e. The van der Waals surface area contributed by atoms with E-state index in [0.717, 1.165) is 29.5 Å². The molecule has 100 valence electrons. The molecule has 0 radical (unpaired) electrons. The highest BCUT2D eigenvalue weighted by Crippen LogP contribution is 2.28. The molecule has 1 aromatic carbocycles. The van der Waals surface area contributed by atoms with E-state index in [-0.39, 0.29) is 5.82 Å². The molecule has 0 unspecified atom stereocenters. The van der Waals surface area contributed by atoms with Crippen LogP contribution in [-0.4, -0.2) is 9.97 Å². The Hall–Kier alpha value is -1.19. The van der Waals surface area contributed by atoms with Crippen LogP contribution in [0.15, 0.2) is 18.2 Å². The summed E-state index contributed by atoms with van der Waals surface area (Å²) in [4.78, 5) is 8.52. The van der Waals surface area contributed by atoms with E-state index >= 15 is 0 Å². The van der Waals surface area contributed by atoms with Crippen LogP contribution in [0.4, 0.5) is 4.39 Å². The zero-order valence-electron chi connectivity index (χ0n) is 10.7. The highest BCUT2D eigenvalue weighted by atomic mass is 35.5. The van der Waals surface area contributed by atoms with E-state index in [4.69, 9.17) is 23.2 Å². The fourth-order valence-electron chi connectivity index (χ4n) is 1.89. The average Bonchev–Trinajstić information content (AvgIpc) is 2.33. The van der Waals surface area contributed by atoms with Gasteiger partial charge in [0.15, 0.2) is 5.82 Å². The van der Waals surface area contributed by atoms with Gasteiger partial charge in [0.2, 0.25) is 0 Å². The van der Waals surface area contributed by atoms with Gasteiger partial charge in [0.1, 0.15) is 16.1 Å². The normalized spacial score (nSPS) is 10.8. The zero-order valence-corrected chi connectivity index (χ0v) is 12.2. The number of nitrogens with zero attached hydrogens (tertiary/aromatic N) is 2. The number of aromatic nitrogens is 2. The maximum atomic E-state index is 13.1. The zero-order chi connectivity index (χ0) is 14.0. The van der Waals surface area contributed by atoms with E-state index < -0.39 is 0 Å². The van der Waals surface area contributed by atoms with Crippen LogP contribution < -0.4 is 0 Å². The Balaban J connectivity index is 2.52. The maximum absolute atomic E-state index is 13.1. The largest absolute Gasteiger partial charge is 0.216 e. The van der Waals surface area contributed by atoms with Crippen molar-refractivity contribution in [1.82, 2.24) is 9.97 Å². The molecule has 0 aliphatic rings. The van der Waals surface area contributed by atoms with Crippen LogP contribution >= 0.6 is 23.2 Å². The van der Waals surface area contributed by atoms with Gasteiger partial charge in [-0.15, -0.1) is 0 Å². The van der Waals surface area contributed by atoms with Crippen LogP contribution in [0.5, 0.6) is 0 Å². The van der Waals surface area contributed by atoms with Crippen LogP contribution in [-0.2, 0) is 6.42 Å². The van der Waals surface area contributed by atoms with Crippen molar-refractivity contribution in [2.24, 2.45) is 0 Å². The Bertz CT molecular complexity index is 591. The second kappa shape index (κ2) is 5.85. The fourth-order valence-corrected chi connectivity index (χ4v) is 2.46. The van der Waals surface area contributed by atoms with Crippen LogP contribution in [0, 0.1) is 12.7 Å². The van der Waals surface area contributed by atoms with E-state index in [1.165, 1.54) is 12.1 Å². The minimum absolute atomic E-state index is 0.291. The van der Waals surface area contributed by atoms with Crippen LogP contribution in [0.3, 0.4) is 0 Å². The number of hydrogen-bond acceptors (Lipinski definition) is 2. The maximum Gasteiger partial charge on any atom is 0.162 e. The smallest absolute Gasteiger partial charge is 0.162 e. The second-order valence-electron chi connectivity index (χ2n) is 4.32. The Morgan fingerprint density at radius 2 is 1.79 bits per heavy atom. The lowest BCUT2D eigenvalue weighted by atomic mass is 10.1. The molecular weight excluding hydrogens is 286 g/mol.